The molecule has 2 bridgehead atoms. The number of nitriles is 1. The number of fused-ring (bicyclic) bond motifs is 2. The highest BCUT2D eigenvalue weighted by atomic mass is 14.9. The van der Waals surface area contributed by atoms with Gasteiger partial charge in [-0.1, -0.05) is 32.1 Å². The molecule has 1 heterocycles. The fourth-order valence-electron chi connectivity index (χ4n) is 3.96. The zero-order valence-corrected chi connectivity index (χ0v) is 12.9. The fraction of sp³-hybridized carbons (Fsp3) is 0.368. The molecule has 1 fully saturated rings. The highest BCUT2D eigenvalue weighted by Crippen LogP contribution is 2.59. The molecule has 5 rings (SSSR count). The molecule has 3 nitrogen and oxygen atoms in total. The second-order valence-electron chi connectivity index (χ2n) is 7.02. The van der Waals surface area contributed by atoms with Crippen LogP contribution in [0.15, 0.2) is 42.0 Å². The lowest BCUT2D eigenvalue weighted by molar-refractivity contribution is -0.00324. The van der Waals surface area contributed by atoms with Gasteiger partial charge in [0.05, 0.1) is 16.6 Å². The molecule has 0 saturated heterocycles. The zero-order valence-electron chi connectivity index (χ0n) is 12.9. The Morgan fingerprint density at radius 2 is 2.23 bits per heavy atom. The lowest BCUT2D eigenvalue weighted by Crippen LogP contribution is -2.47. The molecule has 1 aromatic carbocycles. The normalized spacial score (nSPS) is 26.2. The van der Waals surface area contributed by atoms with Gasteiger partial charge in [0.1, 0.15) is 11.9 Å². The van der Waals surface area contributed by atoms with E-state index < -0.39 is 0 Å². The summed E-state index contributed by atoms with van der Waals surface area (Å²) in [6, 6.07) is 10.2. The standard InChI is InChI=1S/C19H19N3/c1-19(2)14-8-7-12(15(19)10-14)9-13(11-20)18-21-16-5-3-4-6-17(16)22-18/h3-7,9,14-15H,8,10H2,1-2H3,(H,21,22). The van der Waals surface area contributed by atoms with Crippen LogP contribution in [0.3, 0.4) is 0 Å². The number of nitrogens with zero attached hydrogens (tertiary/aromatic N) is 2. The number of aromatic amines is 1. The van der Waals surface area contributed by atoms with Crippen molar-refractivity contribution in [2.45, 2.75) is 26.7 Å². The minimum Gasteiger partial charge on any atom is -0.337 e. The van der Waals surface area contributed by atoms with Crippen LogP contribution < -0.4 is 0 Å². The molecule has 2 aromatic rings. The minimum absolute atomic E-state index is 0.370. The quantitative estimate of drug-likeness (QED) is 0.830. The summed E-state index contributed by atoms with van der Waals surface area (Å²) in [5.41, 5.74) is 4.18. The predicted molar refractivity (Wildman–Crippen MR) is 87.8 cm³/mol. The van der Waals surface area contributed by atoms with Crippen LogP contribution in [0.2, 0.25) is 0 Å². The molecule has 110 valence electrons. The summed E-state index contributed by atoms with van der Waals surface area (Å²) in [5.74, 6) is 2.06. The largest absolute Gasteiger partial charge is 0.337 e. The van der Waals surface area contributed by atoms with Crippen molar-refractivity contribution in [1.29, 1.82) is 5.26 Å². The number of para-hydroxylation sites is 2. The first-order valence-electron chi connectivity index (χ1n) is 7.86. The Balaban J connectivity index is 1.73. The third kappa shape index (κ3) is 1.84. The molecule has 22 heavy (non-hydrogen) atoms. The van der Waals surface area contributed by atoms with E-state index in [1.165, 1.54) is 12.0 Å². The van der Waals surface area contributed by atoms with Gasteiger partial charge in [0.2, 0.25) is 0 Å². The van der Waals surface area contributed by atoms with Crippen molar-refractivity contribution in [3.63, 3.8) is 0 Å². The van der Waals surface area contributed by atoms with Gasteiger partial charge in [-0.2, -0.15) is 5.26 Å². The van der Waals surface area contributed by atoms with E-state index in [1.807, 2.05) is 30.3 Å². The molecule has 2 unspecified atom stereocenters. The number of imidazole rings is 1. The zero-order chi connectivity index (χ0) is 15.3. The first kappa shape index (κ1) is 13.3. The van der Waals surface area contributed by atoms with Gasteiger partial charge in [-0.25, -0.2) is 4.98 Å². The SMILES string of the molecule is CC1(C)C2CC=C(C=C(C#N)c3nc4ccccc4[nH]3)C1C2. The molecular weight excluding hydrogens is 270 g/mol. The Bertz CT molecular complexity index is 812. The number of nitrogens with one attached hydrogen (secondary N) is 1. The lowest BCUT2D eigenvalue weighted by atomic mass is 9.49. The smallest absolute Gasteiger partial charge is 0.149 e. The van der Waals surface area contributed by atoms with Crippen LogP contribution in [0.4, 0.5) is 0 Å². The van der Waals surface area contributed by atoms with Crippen LogP contribution in [0.5, 0.6) is 0 Å². The average molecular weight is 289 g/mol. The van der Waals surface area contributed by atoms with Gasteiger partial charge in [0.25, 0.3) is 0 Å². The van der Waals surface area contributed by atoms with Crippen molar-refractivity contribution < 1.29 is 0 Å². The maximum absolute atomic E-state index is 9.56. The van der Waals surface area contributed by atoms with Gasteiger partial charge in [-0.05, 0) is 53.9 Å². The van der Waals surface area contributed by atoms with E-state index >= 15 is 0 Å². The van der Waals surface area contributed by atoms with Crippen LogP contribution in [0.25, 0.3) is 16.6 Å². The topological polar surface area (TPSA) is 52.5 Å². The van der Waals surface area contributed by atoms with Gasteiger partial charge >= 0.3 is 0 Å². The Morgan fingerprint density at radius 3 is 2.91 bits per heavy atom. The molecule has 0 radical (unpaired) electrons. The maximum atomic E-state index is 9.56. The summed E-state index contributed by atoms with van der Waals surface area (Å²) >= 11 is 0. The summed E-state index contributed by atoms with van der Waals surface area (Å²) in [6.45, 7) is 4.69. The first-order chi connectivity index (χ1) is 10.6. The van der Waals surface area contributed by atoms with Crippen molar-refractivity contribution in [3.05, 3.63) is 47.8 Å². The molecule has 3 aliphatic carbocycles. The summed E-state index contributed by atoms with van der Waals surface area (Å²) in [4.78, 5) is 7.81. The number of benzene rings is 1. The van der Waals surface area contributed by atoms with Crippen LogP contribution in [0.1, 0.15) is 32.5 Å². The van der Waals surface area contributed by atoms with Crippen molar-refractivity contribution >= 4 is 16.6 Å². The molecule has 3 aliphatic rings. The number of hydrogen-bond acceptors (Lipinski definition) is 2. The highest BCUT2D eigenvalue weighted by molar-refractivity contribution is 5.83. The van der Waals surface area contributed by atoms with Crippen molar-refractivity contribution in [2.75, 3.05) is 0 Å². The van der Waals surface area contributed by atoms with E-state index in [4.69, 9.17) is 0 Å². The van der Waals surface area contributed by atoms with Gasteiger partial charge in [0, 0.05) is 0 Å². The van der Waals surface area contributed by atoms with Crippen molar-refractivity contribution in [2.24, 2.45) is 17.3 Å². The van der Waals surface area contributed by atoms with Crippen molar-refractivity contribution in [1.82, 2.24) is 9.97 Å². The van der Waals surface area contributed by atoms with E-state index in [-0.39, 0.29) is 0 Å². The second-order valence-corrected chi connectivity index (χ2v) is 7.02. The molecule has 0 aliphatic heterocycles. The van der Waals surface area contributed by atoms with Gasteiger partial charge in [-0.15, -0.1) is 0 Å². The Labute approximate surface area is 130 Å². The van der Waals surface area contributed by atoms with E-state index in [9.17, 15) is 5.26 Å². The molecule has 0 spiro atoms. The molecule has 0 amide bonds. The average Bonchev–Trinajstić information content (AvgIpc) is 2.96. The van der Waals surface area contributed by atoms with E-state index in [1.54, 1.807) is 0 Å². The number of hydrogen-bond donors (Lipinski definition) is 1. The number of allylic oxidation sites excluding steroid dienone is 4. The predicted octanol–water partition coefficient (Wildman–Crippen LogP) is 4.46. The van der Waals surface area contributed by atoms with E-state index in [0.717, 1.165) is 23.4 Å². The minimum atomic E-state index is 0.370. The first-order valence-corrected chi connectivity index (χ1v) is 7.86. The highest BCUT2D eigenvalue weighted by Gasteiger charge is 2.50. The third-order valence-corrected chi connectivity index (χ3v) is 5.59. The number of aromatic nitrogens is 2. The Hall–Kier alpha value is -2.34. The summed E-state index contributed by atoms with van der Waals surface area (Å²) in [7, 11) is 0. The fourth-order valence-corrected chi connectivity index (χ4v) is 3.96. The Morgan fingerprint density at radius 1 is 1.41 bits per heavy atom. The lowest BCUT2D eigenvalue weighted by Gasteiger charge is -2.56. The molecule has 1 saturated carbocycles. The Kier molecular flexibility index (Phi) is 2.77. The van der Waals surface area contributed by atoms with Crippen LogP contribution in [-0.4, -0.2) is 9.97 Å². The van der Waals surface area contributed by atoms with Gasteiger partial charge in [-0.3, -0.25) is 0 Å². The summed E-state index contributed by atoms with van der Waals surface area (Å²) in [6.07, 6.45) is 6.74. The van der Waals surface area contributed by atoms with E-state index in [0.29, 0.717) is 22.7 Å². The second kappa shape index (κ2) is 4.58. The molecule has 1 N–H and O–H groups in total. The van der Waals surface area contributed by atoms with Crippen LogP contribution >= 0.6 is 0 Å². The summed E-state index contributed by atoms with van der Waals surface area (Å²) in [5, 5.41) is 9.56. The van der Waals surface area contributed by atoms with Crippen LogP contribution in [0, 0.1) is 28.6 Å². The molecule has 2 atom stereocenters. The van der Waals surface area contributed by atoms with Gasteiger partial charge < -0.3 is 4.98 Å². The summed E-state index contributed by atoms with van der Waals surface area (Å²) < 4.78 is 0. The monoisotopic (exact) mass is 289 g/mol. The number of rotatable bonds is 2. The number of H-pyrrole nitrogens is 1. The third-order valence-electron chi connectivity index (χ3n) is 5.59. The van der Waals surface area contributed by atoms with Crippen LogP contribution in [-0.2, 0) is 0 Å². The maximum Gasteiger partial charge on any atom is 0.149 e. The molecular formula is C19H19N3. The van der Waals surface area contributed by atoms with E-state index in [2.05, 4.69) is 36.0 Å². The van der Waals surface area contributed by atoms with Crippen molar-refractivity contribution in [3.8, 4) is 6.07 Å². The molecule has 3 heteroatoms. The molecule has 1 aromatic heterocycles. The van der Waals surface area contributed by atoms with Gasteiger partial charge in [0.15, 0.2) is 0 Å².